The Kier molecular flexibility index (Phi) is 7.78. The third-order valence-electron chi connectivity index (χ3n) is 7.89. The first kappa shape index (κ1) is 24.6. The highest BCUT2D eigenvalue weighted by atomic mass is 79.9. The van der Waals surface area contributed by atoms with Crippen molar-refractivity contribution in [2.45, 2.75) is 96.2 Å². The average molecular weight is 507 g/mol. The van der Waals surface area contributed by atoms with Gasteiger partial charge in [0.15, 0.2) is 8.24 Å². The molecule has 0 saturated heterocycles. The summed E-state index contributed by atoms with van der Waals surface area (Å²) in [5.41, 5.74) is 4.21. The van der Waals surface area contributed by atoms with Crippen molar-refractivity contribution < 1.29 is 9.53 Å². The van der Waals surface area contributed by atoms with E-state index in [0.29, 0.717) is 22.5 Å². The second-order valence-electron chi connectivity index (χ2n) is 10.4. The van der Waals surface area contributed by atoms with E-state index in [2.05, 4.69) is 86.1 Å². The van der Waals surface area contributed by atoms with Crippen LogP contribution in [-0.2, 0) is 9.53 Å². The summed E-state index contributed by atoms with van der Waals surface area (Å²) >= 11 is 3.69. The number of benzene rings is 1. The molecule has 172 valence electrons. The normalized spacial score (nSPS) is 16.7. The number of rotatable bonds is 8. The number of carbonyl (C=O) groups is 1. The highest BCUT2D eigenvalue weighted by Gasteiger charge is 2.46. The molecule has 0 radical (unpaired) electrons. The standard InChI is InChI=1S/C26H40BrNO2Si/c1-17(2)31(18(3)4,19(5)6)28-16-24(22-15-21(27)12-13-25(22)28)23(26(29)30-7)14-20-10-8-9-11-20/h12-13,15-20,23H,8-11,14H2,1-7H3. The SMILES string of the molecule is COC(=O)C(CC1CCCC1)c1cn([Si](C(C)C)(C(C)C)C(C)C)c2ccc(Br)cc12. The van der Waals surface area contributed by atoms with Crippen molar-refractivity contribution >= 4 is 41.0 Å². The average Bonchev–Trinajstić information content (AvgIpc) is 3.33. The lowest BCUT2D eigenvalue weighted by atomic mass is 9.88. The van der Waals surface area contributed by atoms with E-state index in [4.69, 9.17) is 4.74 Å². The Labute approximate surface area is 198 Å². The van der Waals surface area contributed by atoms with Gasteiger partial charge in [0.2, 0.25) is 0 Å². The third-order valence-corrected chi connectivity index (χ3v) is 15.1. The van der Waals surface area contributed by atoms with Gasteiger partial charge in [0.1, 0.15) is 0 Å². The van der Waals surface area contributed by atoms with Crippen LogP contribution in [0, 0.1) is 5.92 Å². The molecule has 0 N–H and O–H groups in total. The molecule has 0 amide bonds. The molecular formula is C26H40BrNO2Si. The molecule has 0 aliphatic heterocycles. The van der Waals surface area contributed by atoms with E-state index in [0.717, 1.165) is 16.5 Å². The maximum absolute atomic E-state index is 13.1. The highest BCUT2D eigenvalue weighted by Crippen LogP contribution is 2.47. The summed E-state index contributed by atoms with van der Waals surface area (Å²) in [6, 6.07) is 6.61. The summed E-state index contributed by atoms with van der Waals surface area (Å²) in [5, 5.41) is 1.21. The predicted molar refractivity (Wildman–Crippen MR) is 137 cm³/mol. The molecule has 2 aromatic rings. The van der Waals surface area contributed by atoms with Crippen molar-refractivity contribution in [2.24, 2.45) is 5.92 Å². The Morgan fingerprint density at radius 3 is 2.19 bits per heavy atom. The topological polar surface area (TPSA) is 31.2 Å². The van der Waals surface area contributed by atoms with E-state index in [1.165, 1.54) is 43.7 Å². The molecule has 1 atom stereocenters. The number of ether oxygens (including phenoxy) is 1. The molecule has 0 spiro atoms. The Morgan fingerprint density at radius 1 is 1.10 bits per heavy atom. The molecule has 1 heterocycles. The zero-order chi connectivity index (χ0) is 22.9. The number of nitrogens with zero attached hydrogens (tertiary/aromatic N) is 1. The number of hydrogen-bond acceptors (Lipinski definition) is 2. The van der Waals surface area contributed by atoms with Crippen LogP contribution in [0.1, 0.15) is 85.1 Å². The molecule has 31 heavy (non-hydrogen) atoms. The minimum Gasteiger partial charge on any atom is -0.469 e. The molecular weight excluding hydrogens is 466 g/mol. The van der Waals surface area contributed by atoms with Crippen LogP contribution in [0.4, 0.5) is 0 Å². The van der Waals surface area contributed by atoms with Gasteiger partial charge in [0.25, 0.3) is 0 Å². The molecule has 1 aliphatic carbocycles. The molecule has 5 heteroatoms. The second kappa shape index (κ2) is 9.82. The fourth-order valence-electron chi connectivity index (χ4n) is 6.73. The van der Waals surface area contributed by atoms with Crippen LogP contribution in [-0.4, -0.2) is 25.5 Å². The van der Waals surface area contributed by atoms with Crippen molar-refractivity contribution in [3.63, 3.8) is 0 Å². The van der Waals surface area contributed by atoms with Gasteiger partial charge in [0.05, 0.1) is 13.0 Å². The zero-order valence-corrected chi connectivity index (χ0v) is 23.0. The van der Waals surface area contributed by atoms with Gasteiger partial charge >= 0.3 is 5.97 Å². The van der Waals surface area contributed by atoms with Crippen LogP contribution in [0.15, 0.2) is 28.9 Å². The molecule has 3 nitrogen and oxygen atoms in total. The number of esters is 1. The minimum absolute atomic E-state index is 0.0863. The van der Waals surface area contributed by atoms with Crippen LogP contribution in [0.2, 0.25) is 16.6 Å². The van der Waals surface area contributed by atoms with Crippen LogP contribution < -0.4 is 0 Å². The smallest absolute Gasteiger partial charge is 0.313 e. The lowest BCUT2D eigenvalue weighted by Gasteiger charge is -2.44. The van der Waals surface area contributed by atoms with E-state index >= 15 is 0 Å². The fourth-order valence-corrected chi connectivity index (χ4v) is 13.7. The monoisotopic (exact) mass is 505 g/mol. The van der Waals surface area contributed by atoms with Gasteiger partial charge in [0, 0.05) is 21.6 Å². The Morgan fingerprint density at radius 2 is 1.68 bits per heavy atom. The highest BCUT2D eigenvalue weighted by molar-refractivity contribution is 9.10. The van der Waals surface area contributed by atoms with Crippen LogP contribution in [0.3, 0.4) is 0 Å². The van der Waals surface area contributed by atoms with E-state index in [-0.39, 0.29) is 11.9 Å². The molecule has 3 rings (SSSR count). The zero-order valence-electron chi connectivity index (χ0n) is 20.4. The summed E-state index contributed by atoms with van der Waals surface area (Å²) in [5.74, 6) is 0.345. The first-order chi connectivity index (χ1) is 14.6. The van der Waals surface area contributed by atoms with E-state index in [1.54, 1.807) is 0 Å². The van der Waals surface area contributed by atoms with Crippen LogP contribution >= 0.6 is 15.9 Å². The van der Waals surface area contributed by atoms with Gasteiger partial charge in [-0.2, -0.15) is 0 Å². The van der Waals surface area contributed by atoms with Crippen molar-refractivity contribution in [1.82, 2.24) is 4.23 Å². The van der Waals surface area contributed by atoms with Crippen molar-refractivity contribution in [2.75, 3.05) is 7.11 Å². The molecule has 1 fully saturated rings. The number of methoxy groups -OCH3 is 1. The summed E-state index contributed by atoms with van der Waals surface area (Å²) in [6.07, 6.45) is 8.31. The molecule has 1 aromatic heterocycles. The molecule has 1 saturated carbocycles. The third kappa shape index (κ3) is 4.41. The van der Waals surface area contributed by atoms with Gasteiger partial charge in [-0.3, -0.25) is 4.79 Å². The molecule has 0 bridgehead atoms. The maximum atomic E-state index is 13.1. The lowest BCUT2D eigenvalue weighted by molar-refractivity contribution is -0.142. The Hall–Kier alpha value is -1.07. The lowest BCUT2D eigenvalue weighted by Crippen LogP contribution is -2.51. The van der Waals surface area contributed by atoms with E-state index in [1.807, 2.05) is 0 Å². The van der Waals surface area contributed by atoms with Crippen molar-refractivity contribution in [3.8, 4) is 0 Å². The fraction of sp³-hybridized carbons (Fsp3) is 0.654. The first-order valence-electron chi connectivity index (χ1n) is 12.0. The molecule has 1 aliphatic rings. The second-order valence-corrected chi connectivity index (χ2v) is 17.1. The van der Waals surface area contributed by atoms with Crippen LogP contribution in [0.5, 0.6) is 0 Å². The summed E-state index contributed by atoms with van der Waals surface area (Å²) in [7, 11) is -0.414. The van der Waals surface area contributed by atoms with Gasteiger partial charge in [-0.25, -0.2) is 0 Å². The maximum Gasteiger partial charge on any atom is 0.313 e. The quantitative estimate of drug-likeness (QED) is 0.267. The van der Waals surface area contributed by atoms with Gasteiger partial charge in [-0.05, 0) is 52.7 Å². The number of carbonyl (C=O) groups excluding carboxylic acids is 1. The summed E-state index contributed by atoms with van der Waals surface area (Å²) < 4.78 is 9.06. The number of aromatic nitrogens is 1. The summed E-state index contributed by atoms with van der Waals surface area (Å²) in [6.45, 7) is 14.4. The van der Waals surface area contributed by atoms with Crippen LogP contribution in [0.25, 0.3) is 10.9 Å². The Bertz CT molecular complexity index is 890. The Balaban J connectivity index is 2.27. The molecule has 1 aromatic carbocycles. The predicted octanol–water partition coefficient (Wildman–Crippen LogP) is 8.26. The van der Waals surface area contributed by atoms with E-state index in [9.17, 15) is 4.79 Å². The largest absolute Gasteiger partial charge is 0.469 e. The first-order valence-corrected chi connectivity index (χ1v) is 15.0. The van der Waals surface area contributed by atoms with Gasteiger partial charge in [-0.1, -0.05) is 83.2 Å². The van der Waals surface area contributed by atoms with Crippen molar-refractivity contribution in [3.05, 3.63) is 34.4 Å². The van der Waals surface area contributed by atoms with E-state index < -0.39 is 8.24 Å². The number of hydrogen-bond donors (Lipinski definition) is 0. The van der Waals surface area contributed by atoms with Gasteiger partial charge < -0.3 is 8.97 Å². The van der Waals surface area contributed by atoms with Crippen molar-refractivity contribution in [1.29, 1.82) is 0 Å². The molecule has 1 unspecified atom stereocenters. The minimum atomic E-state index is -1.95. The summed E-state index contributed by atoms with van der Waals surface area (Å²) in [4.78, 5) is 13.1. The number of halogens is 1. The van der Waals surface area contributed by atoms with Gasteiger partial charge in [-0.15, -0.1) is 0 Å². The number of fused-ring (bicyclic) bond motifs is 1.